The third kappa shape index (κ3) is 5.64. The van der Waals surface area contributed by atoms with E-state index in [1.165, 1.54) is 0 Å². The van der Waals surface area contributed by atoms with E-state index >= 15 is 0 Å². The number of urea groups is 1. The van der Waals surface area contributed by atoms with Crippen LogP contribution in [0.5, 0.6) is 5.75 Å². The number of nitrogens with zero attached hydrogens (tertiary/aromatic N) is 1. The molecule has 1 aromatic rings. The van der Waals surface area contributed by atoms with Gasteiger partial charge in [0.25, 0.3) is 0 Å². The Kier molecular flexibility index (Phi) is 7.75. The molecule has 0 saturated carbocycles. The number of hydrogen-bond acceptors (Lipinski definition) is 3. The SMILES string of the molecule is CCCNC(=O)C[C@H]1CCN(C(=O)Nc2cccc(OC)c2)C[C@@H]1CC. The molecule has 1 fully saturated rings. The monoisotopic (exact) mass is 361 g/mol. The molecule has 0 unspecified atom stereocenters. The Morgan fingerprint density at radius 2 is 2.08 bits per heavy atom. The van der Waals surface area contributed by atoms with Crippen LogP contribution in [0.1, 0.15) is 39.5 Å². The number of likely N-dealkylation sites (tertiary alicyclic amines) is 1. The molecule has 3 amide bonds. The van der Waals surface area contributed by atoms with E-state index in [4.69, 9.17) is 4.74 Å². The highest BCUT2D eigenvalue weighted by atomic mass is 16.5. The lowest BCUT2D eigenvalue weighted by molar-refractivity contribution is -0.122. The summed E-state index contributed by atoms with van der Waals surface area (Å²) in [6.07, 6.45) is 3.34. The van der Waals surface area contributed by atoms with Crippen molar-refractivity contribution in [2.45, 2.75) is 39.5 Å². The fraction of sp³-hybridized carbons (Fsp3) is 0.600. The predicted octanol–water partition coefficient (Wildman–Crippen LogP) is 3.49. The van der Waals surface area contributed by atoms with Crippen molar-refractivity contribution in [1.82, 2.24) is 10.2 Å². The lowest BCUT2D eigenvalue weighted by Gasteiger charge is -2.38. The molecule has 1 aliphatic rings. The molecule has 0 bridgehead atoms. The number of carbonyl (C=O) groups excluding carboxylic acids is 2. The second-order valence-corrected chi connectivity index (χ2v) is 6.88. The maximum Gasteiger partial charge on any atom is 0.321 e. The minimum atomic E-state index is -0.0920. The normalized spacial score (nSPS) is 19.7. The molecule has 2 N–H and O–H groups in total. The minimum absolute atomic E-state index is 0.0920. The van der Waals surface area contributed by atoms with Crippen molar-refractivity contribution in [3.8, 4) is 5.75 Å². The van der Waals surface area contributed by atoms with Crippen LogP contribution in [0.25, 0.3) is 0 Å². The molecule has 144 valence electrons. The average Bonchev–Trinajstić information content (AvgIpc) is 2.66. The minimum Gasteiger partial charge on any atom is -0.497 e. The molecule has 26 heavy (non-hydrogen) atoms. The molecule has 0 radical (unpaired) electrons. The summed E-state index contributed by atoms with van der Waals surface area (Å²) < 4.78 is 5.19. The van der Waals surface area contributed by atoms with Crippen molar-refractivity contribution < 1.29 is 14.3 Å². The lowest BCUT2D eigenvalue weighted by Crippen LogP contribution is -2.46. The van der Waals surface area contributed by atoms with Gasteiger partial charge in [0.05, 0.1) is 7.11 Å². The summed E-state index contributed by atoms with van der Waals surface area (Å²) in [5.41, 5.74) is 0.725. The first kappa shape index (κ1) is 20.1. The van der Waals surface area contributed by atoms with Crippen LogP contribution in [0.2, 0.25) is 0 Å². The largest absolute Gasteiger partial charge is 0.497 e. The van der Waals surface area contributed by atoms with Gasteiger partial charge in [-0.1, -0.05) is 26.3 Å². The second-order valence-electron chi connectivity index (χ2n) is 6.88. The summed E-state index contributed by atoms with van der Waals surface area (Å²) in [6.45, 7) is 6.28. The summed E-state index contributed by atoms with van der Waals surface area (Å²) in [7, 11) is 1.61. The number of rotatable bonds is 7. The van der Waals surface area contributed by atoms with Gasteiger partial charge < -0.3 is 20.3 Å². The third-order valence-electron chi connectivity index (χ3n) is 5.04. The van der Waals surface area contributed by atoms with Crippen LogP contribution in [0, 0.1) is 11.8 Å². The number of benzene rings is 1. The van der Waals surface area contributed by atoms with Gasteiger partial charge in [0, 0.05) is 37.8 Å². The molecule has 1 saturated heterocycles. The van der Waals surface area contributed by atoms with Crippen LogP contribution in [0.3, 0.4) is 0 Å². The van der Waals surface area contributed by atoms with Crippen LogP contribution in [0.15, 0.2) is 24.3 Å². The van der Waals surface area contributed by atoms with E-state index in [1.807, 2.05) is 23.1 Å². The zero-order chi connectivity index (χ0) is 18.9. The van der Waals surface area contributed by atoms with E-state index in [2.05, 4.69) is 24.5 Å². The average molecular weight is 361 g/mol. The Morgan fingerprint density at radius 3 is 2.77 bits per heavy atom. The molecular weight excluding hydrogens is 330 g/mol. The van der Waals surface area contributed by atoms with Crippen LogP contribution < -0.4 is 15.4 Å². The van der Waals surface area contributed by atoms with E-state index < -0.39 is 0 Å². The number of anilines is 1. The Bertz CT molecular complexity index is 606. The van der Waals surface area contributed by atoms with E-state index in [1.54, 1.807) is 13.2 Å². The van der Waals surface area contributed by atoms with Gasteiger partial charge in [-0.3, -0.25) is 4.79 Å². The predicted molar refractivity (Wildman–Crippen MR) is 103 cm³/mol. The number of methoxy groups -OCH3 is 1. The summed E-state index contributed by atoms with van der Waals surface area (Å²) in [5, 5.41) is 5.90. The van der Waals surface area contributed by atoms with E-state index in [9.17, 15) is 9.59 Å². The highest BCUT2D eigenvalue weighted by molar-refractivity contribution is 5.89. The van der Waals surface area contributed by atoms with Gasteiger partial charge in [-0.05, 0) is 36.8 Å². The van der Waals surface area contributed by atoms with Crippen LogP contribution in [0.4, 0.5) is 10.5 Å². The molecular formula is C20H31N3O3. The topological polar surface area (TPSA) is 70.7 Å². The molecule has 1 heterocycles. The summed E-state index contributed by atoms with van der Waals surface area (Å²) in [6, 6.07) is 7.26. The van der Waals surface area contributed by atoms with Crippen molar-refractivity contribution in [3.05, 3.63) is 24.3 Å². The van der Waals surface area contributed by atoms with Gasteiger partial charge in [-0.15, -0.1) is 0 Å². The molecule has 2 atom stereocenters. The van der Waals surface area contributed by atoms with Crippen molar-refractivity contribution in [3.63, 3.8) is 0 Å². The Hall–Kier alpha value is -2.24. The van der Waals surface area contributed by atoms with Gasteiger partial charge in [0.15, 0.2) is 0 Å². The number of amides is 3. The number of ether oxygens (including phenoxy) is 1. The quantitative estimate of drug-likeness (QED) is 0.781. The Labute approximate surface area is 156 Å². The summed E-state index contributed by atoms with van der Waals surface area (Å²) in [4.78, 5) is 26.5. The van der Waals surface area contributed by atoms with Gasteiger partial charge >= 0.3 is 6.03 Å². The molecule has 6 nitrogen and oxygen atoms in total. The smallest absolute Gasteiger partial charge is 0.321 e. The first-order valence-corrected chi connectivity index (χ1v) is 9.54. The van der Waals surface area contributed by atoms with Gasteiger partial charge in [0.2, 0.25) is 5.91 Å². The molecule has 0 spiro atoms. The highest BCUT2D eigenvalue weighted by Gasteiger charge is 2.31. The maximum absolute atomic E-state index is 12.6. The summed E-state index contributed by atoms with van der Waals surface area (Å²) >= 11 is 0. The zero-order valence-electron chi connectivity index (χ0n) is 16.1. The number of carbonyl (C=O) groups is 2. The lowest BCUT2D eigenvalue weighted by atomic mass is 9.81. The zero-order valence-corrected chi connectivity index (χ0v) is 16.1. The van der Waals surface area contributed by atoms with Gasteiger partial charge in [-0.2, -0.15) is 0 Å². The van der Waals surface area contributed by atoms with E-state index in [-0.39, 0.29) is 11.9 Å². The van der Waals surface area contributed by atoms with Crippen LogP contribution in [-0.2, 0) is 4.79 Å². The molecule has 0 aliphatic carbocycles. The van der Waals surface area contributed by atoms with Crippen molar-refractivity contribution >= 4 is 17.6 Å². The molecule has 1 aliphatic heterocycles. The number of piperidine rings is 1. The summed E-state index contributed by atoms with van der Waals surface area (Å²) in [5.74, 6) is 1.54. The first-order chi connectivity index (χ1) is 12.6. The van der Waals surface area contributed by atoms with Crippen molar-refractivity contribution in [1.29, 1.82) is 0 Å². The van der Waals surface area contributed by atoms with Crippen LogP contribution >= 0.6 is 0 Å². The highest BCUT2D eigenvalue weighted by Crippen LogP contribution is 2.29. The fourth-order valence-corrected chi connectivity index (χ4v) is 3.47. The molecule has 2 rings (SSSR count). The van der Waals surface area contributed by atoms with Gasteiger partial charge in [-0.25, -0.2) is 4.79 Å². The van der Waals surface area contributed by atoms with Crippen LogP contribution in [-0.4, -0.2) is 43.6 Å². The van der Waals surface area contributed by atoms with Crippen molar-refractivity contribution in [2.24, 2.45) is 11.8 Å². The molecule has 1 aromatic carbocycles. The third-order valence-corrected chi connectivity index (χ3v) is 5.04. The second kappa shape index (κ2) is 10.0. The van der Waals surface area contributed by atoms with Gasteiger partial charge in [0.1, 0.15) is 5.75 Å². The Morgan fingerprint density at radius 1 is 1.27 bits per heavy atom. The van der Waals surface area contributed by atoms with E-state index in [0.717, 1.165) is 31.5 Å². The van der Waals surface area contributed by atoms with Crippen molar-refractivity contribution in [2.75, 3.05) is 32.1 Å². The fourth-order valence-electron chi connectivity index (χ4n) is 3.47. The number of hydrogen-bond donors (Lipinski definition) is 2. The standard InChI is InChI=1S/C20H31N3O3/c1-4-10-21-19(24)12-16-9-11-23(14-15(16)5-2)20(25)22-17-7-6-8-18(13-17)26-3/h6-8,13,15-16H,4-5,9-12,14H2,1-3H3,(H,21,24)(H,22,25)/t15-,16+/m0/s1. The number of nitrogens with one attached hydrogen (secondary N) is 2. The maximum atomic E-state index is 12.6. The first-order valence-electron chi connectivity index (χ1n) is 9.54. The van der Waals surface area contributed by atoms with E-state index in [0.29, 0.717) is 37.1 Å². The molecule has 0 aromatic heterocycles. The molecule has 6 heteroatoms. The Balaban J connectivity index is 1.90.